The Morgan fingerprint density at radius 2 is 1.48 bits per heavy atom. The molecule has 33 heavy (non-hydrogen) atoms. The highest BCUT2D eigenvalue weighted by Gasteiger charge is 2.18. The van der Waals surface area contributed by atoms with Crippen molar-refractivity contribution in [2.24, 2.45) is 0 Å². The number of aromatic nitrogens is 3. The van der Waals surface area contributed by atoms with Crippen molar-refractivity contribution in [1.82, 2.24) is 20.0 Å². The standard InChI is InChI=1S/C26H27N5O2/c1-19-27-26(29-33-19)23-12-10-22(11-13-23)21-8-6-20(7-9-21)18-30-14-16-31(17-15-30)24-4-3-5-25(28-24)32-2/h3-13H,14-18H2,1-2H3. The second-order valence-corrected chi connectivity index (χ2v) is 8.21. The first-order chi connectivity index (χ1) is 16.2. The molecule has 1 aliphatic rings. The van der Waals surface area contributed by atoms with Crippen LogP contribution in [0.25, 0.3) is 22.5 Å². The summed E-state index contributed by atoms with van der Waals surface area (Å²) in [5.74, 6) is 2.84. The van der Waals surface area contributed by atoms with Crippen molar-refractivity contribution in [3.8, 4) is 28.4 Å². The van der Waals surface area contributed by atoms with E-state index in [1.807, 2.05) is 30.3 Å². The molecule has 2 aromatic carbocycles. The molecule has 3 heterocycles. The second-order valence-electron chi connectivity index (χ2n) is 8.21. The van der Waals surface area contributed by atoms with Crippen molar-refractivity contribution in [3.05, 3.63) is 78.2 Å². The Balaban J connectivity index is 1.17. The van der Waals surface area contributed by atoms with Crippen LogP contribution in [0.3, 0.4) is 0 Å². The van der Waals surface area contributed by atoms with Gasteiger partial charge in [0.05, 0.1) is 7.11 Å². The summed E-state index contributed by atoms with van der Waals surface area (Å²) in [6.45, 7) is 6.70. The summed E-state index contributed by atoms with van der Waals surface area (Å²) in [7, 11) is 1.65. The van der Waals surface area contributed by atoms with Crippen LogP contribution in [0.5, 0.6) is 5.88 Å². The lowest BCUT2D eigenvalue weighted by Gasteiger charge is -2.35. The molecule has 0 saturated carbocycles. The molecule has 0 spiro atoms. The molecule has 7 nitrogen and oxygen atoms in total. The zero-order chi connectivity index (χ0) is 22.6. The van der Waals surface area contributed by atoms with Gasteiger partial charge in [0.25, 0.3) is 0 Å². The van der Waals surface area contributed by atoms with E-state index in [1.165, 1.54) is 16.7 Å². The molecule has 0 atom stereocenters. The molecule has 0 amide bonds. The predicted octanol–water partition coefficient (Wildman–Crippen LogP) is 4.44. The van der Waals surface area contributed by atoms with E-state index in [4.69, 9.17) is 9.26 Å². The van der Waals surface area contributed by atoms with E-state index in [1.54, 1.807) is 14.0 Å². The van der Waals surface area contributed by atoms with Crippen LogP contribution in [-0.2, 0) is 6.54 Å². The molecular weight excluding hydrogens is 414 g/mol. The summed E-state index contributed by atoms with van der Waals surface area (Å²) in [6, 6.07) is 23.0. The minimum absolute atomic E-state index is 0.572. The molecule has 1 fully saturated rings. The fourth-order valence-electron chi connectivity index (χ4n) is 4.12. The first kappa shape index (κ1) is 21.2. The van der Waals surface area contributed by atoms with Gasteiger partial charge in [-0.2, -0.15) is 9.97 Å². The summed E-state index contributed by atoms with van der Waals surface area (Å²) in [6.07, 6.45) is 0. The molecule has 7 heteroatoms. The lowest BCUT2D eigenvalue weighted by atomic mass is 10.0. The fraction of sp³-hybridized carbons (Fsp3) is 0.269. The Labute approximate surface area is 193 Å². The molecule has 168 valence electrons. The van der Waals surface area contributed by atoms with E-state index in [0.29, 0.717) is 17.6 Å². The van der Waals surface area contributed by atoms with Crippen LogP contribution in [0.1, 0.15) is 11.5 Å². The van der Waals surface area contributed by atoms with Gasteiger partial charge < -0.3 is 14.2 Å². The van der Waals surface area contributed by atoms with Crippen molar-refractivity contribution in [2.75, 3.05) is 38.2 Å². The van der Waals surface area contributed by atoms with Gasteiger partial charge in [0, 0.05) is 51.3 Å². The number of pyridine rings is 1. The SMILES string of the molecule is COc1cccc(N2CCN(Cc3ccc(-c4ccc(-c5noc(C)n5)cc4)cc3)CC2)n1. The lowest BCUT2D eigenvalue weighted by Crippen LogP contribution is -2.46. The number of piperazine rings is 1. The third kappa shape index (κ3) is 4.88. The van der Waals surface area contributed by atoms with Gasteiger partial charge in [-0.15, -0.1) is 0 Å². The Morgan fingerprint density at radius 3 is 2.12 bits per heavy atom. The van der Waals surface area contributed by atoms with Gasteiger partial charge in [-0.1, -0.05) is 59.8 Å². The van der Waals surface area contributed by atoms with Crippen LogP contribution in [0.15, 0.2) is 71.3 Å². The van der Waals surface area contributed by atoms with Crippen LogP contribution >= 0.6 is 0 Å². The Morgan fingerprint density at radius 1 is 0.818 bits per heavy atom. The number of nitrogens with zero attached hydrogens (tertiary/aromatic N) is 5. The number of anilines is 1. The van der Waals surface area contributed by atoms with Gasteiger partial charge in [-0.25, -0.2) is 0 Å². The van der Waals surface area contributed by atoms with Crippen LogP contribution in [0.4, 0.5) is 5.82 Å². The molecule has 0 radical (unpaired) electrons. The summed E-state index contributed by atoms with van der Waals surface area (Å²) >= 11 is 0. The minimum atomic E-state index is 0.572. The number of rotatable bonds is 6. The number of ether oxygens (including phenoxy) is 1. The van der Waals surface area contributed by atoms with Gasteiger partial charge in [0.15, 0.2) is 0 Å². The summed E-state index contributed by atoms with van der Waals surface area (Å²) in [5.41, 5.74) is 4.65. The second kappa shape index (κ2) is 9.42. The topological polar surface area (TPSA) is 67.5 Å². The maximum absolute atomic E-state index is 5.26. The molecule has 1 aliphatic heterocycles. The normalized spacial score (nSPS) is 14.4. The molecule has 4 aromatic rings. The lowest BCUT2D eigenvalue weighted by molar-refractivity contribution is 0.249. The van der Waals surface area contributed by atoms with Crippen molar-refractivity contribution in [1.29, 1.82) is 0 Å². The quantitative estimate of drug-likeness (QED) is 0.438. The average Bonchev–Trinajstić information content (AvgIpc) is 3.31. The molecular formula is C26H27N5O2. The zero-order valence-corrected chi connectivity index (χ0v) is 18.9. The monoisotopic (exact) mass is 441 g/mol. The number of methoxy groups -OCH3 is 1. The smallest absolute Gasteiger partial charge is 0.223 e. The molecule has 0 aliphatic carbocycles. The van der Waals surface area contributed by atoms with Crippen molar-refractivity contribution >= 4 is 5.82 Å². The third-order valence-corrected chi connectivity index (χ3v) is 5.98. The molecule has 0 N–H and O–H groups in total. The Bertz CT molecular complexity index is 1200. The van der Waals surface area contributed by atoms with Crippen molar-refractivity contribution in [3.63, 3.8) is 0 Å². The average molecular weight is 442 g/mol. The summed E-state index contributed by atoms with van der Waals surface area (Å²) in [5, 5.41) is 3.98. The van der Waals surface area contributed by atoms with Crippen LogP contribution in [0, 0.1) is 6.92 Å². The molecule has 1 saturated heterocycles. The fourth-order valence-corrected chi connectivity index (χ4v) is 4.12. The van der Waals surface area contributed by atoms with Crippen LogP contribution in [-0.4, -0.2) is 53.3 Å². The number of hydrogen-bond acceptors (Lipinski definition) is 7. The summed E-state index contributed by atoms with van der Waals surface area (Å²) in [4.78, 5) is 13.7. The first-order valence-corrected chi connectivity index (χ1v) is 11.2. The van der Waals surface area contributed by atoms with E-state index < -0.39 is 0 Å². The number of aryl methyl sites for hydroxylation is 1. The number of hydrogen-bond donors (Lipinski definition) is 0. The molecule has 2 aromatic heterocycles. The Hall–Kier alpha value is -3.71. The molecule has 0 bridgehead atoms. The maximum atomic E-state index is 5.26. The maximum Gasteiger partial charge on any atom is 0.223 e. The van der Waals surface area contributed by atoms with E-state index in [9.17, 15) is 0 Å². The van der Waals surface area contributed by atoms with E-state index in [-0.39, 0.29) is 0 Å². The molecule has 0 unspecified atom stereocenters. The van der Waals surface area contributed by atoms with Gasteiger partial charge in [-0.05, 0) is 22.8 Å². The van der Waals surface area contributed by atoms with Crippen LogP contribution < -0.4 is 9.64 Å². The van der Waals surface area contributed by atoms with Gasteiger partial charge in [-0.3, -0.25) is 4.90 Å². The van der Waals surface area contributed by atoms with Crippen molar-refractivity contribution in [2.45, 2.75) is 13.5 Å². The Kier molecular flexibility index (Phi) is 6.04. The van der Waals surface area contributed by atoms with Crippen molar-refractivity contribution < 1.29 is 9.26 Å². The first-order valence-electron chi connectivity index (χ1n) is 11.2. The van der Waals surface area contributed by atoms with Gasteiger partial charge >= 0.3 is 0 Å². The van der Waals surface area contributed by atoms with Gasteiger partial charge in [0.1, 0.15) is 5.82 Å². The third-order valence-electron chi connectivity index (χ3n) is 5.98. The highest BCUT2D eigenvalue weighted by Crippen LogP contribution is 2.24. The highest BCUT2D eigenvalue weighted by molar-refractivity contribution is 5.67. The molecule has 5 rings (SSSR count). The van der Waals surface area contributed by atoms with E-state index in [2.05, 4.69) is 61.3 Å². The van der Waals surface area contributed by atoms with E-state index >= 15 is 0 Å². The zero-order valence-electron chi connectivity index (χ0n) is 18.9. The minimum Gasteiger partial charge on any atom is -0.481 e. The number of benzene rings is 2. The predicted molar refractivity (Wildman–Crippen MR) is 128 cm³/mol. The van der Waals surface area contributed by atoms with E-state index in [0.717, 1.165) is 44.1 Å². The highest BCUT2D eigenvalue weighted by atomic mass is 16.5. The summed E-state index contributed by atoms with van der Waals surface area (Å²) < 4.78 is 10.3. The van der Waals surface area contributed by atoms with Gasteiger partial charge in [0.2, 0.25) is 17.6 Å². The largest absolute Gasteiger partial charge is 0.481 e. The van der Waals surface area contributed by atoms with Crippen LogP contribution in [0.2, 0.25) is 0 Å².